The van der Waals surface area contributed by atoms with Gasteiger partial charge in [0.15, 0.2) is 0 Å². The Bertz CT molecular complexity index is 559. The van der Waals surface area contributed by atoms with E-state index in [9.17, 15) is 5.11 Å². The third kappa shape index (κ3) is 3.14. The maximum atomic E-state index is 10.7. The topological polar surface area (TPSA) is 59.1 Å². The summed E-state index contributed by atoms with van der Waals surface area (Å²) in [5.74, 6) is 0.391. The molecule has 0 radical (unpaired) electrons. The molecule has 3 N–H and O–H groups in total. The molecule has 0 aliphatic carbocycles. The van der Waals surface area contributed by atoms with Crippen molar-refractivity contribution in [2.24, 2.45) is 0 Å². The van der Waals surface area contributed by atoms with E-state index in [0.717, 1.165) is 15.6 Å². The summed E-state index contributed by atoms with van der Waals surface area (Å²) < 4.78 is 1.02. The van der Waals surface area contributed by atoms with Crippen molar-refractivity contribution >= 4 is 21.7 Å². The lowest BCUT2D eigenvalue weighted by Gasteiger charge is -2.26. The van der Waals surface area contributed by atoms with Gasteiger partial charge in [-0.1, -0.05) is 28.1 Å². The zero-order valence-corrected chi connectivity index (χ0v) is 12.6. The van der Waals surface area contributed by atoms with Gasteiger partial charge in [-0.25, -0.2) is 4.98 Å². The highest BCUT2D eigenvalue weighted by atomic mass is 79.9. The lowest BCUT2D eigenvalue weighted by molar-refractivity contribution is 0.0575. The maximum Gasteiger partial charge on any atom is 0.129 e. The number of pyridine rings is 1. The van der Waals surface area contributed by atoms with E-state index < -0.39 is 5.60 Å². The third-order valence-electron chi connectivity index (χ3n) is 3.19. The van der Waals surface area contributed by atoms with Gasteiger partial charge in [-0.05, 0) is 43.2 Å². The Labute approximate surface area is 121 Å². The van der Waals surface area contributed by atoms with Gasteiger partial charge in [0.1, 0.15) is 5.82 Å². The fraction of sp³-hybridized carbons (Fsp3) is 0.267. The Kier molecular flexibility index (Phi) is 3.92. The second-order valence-electron chi connectivity index (χ2n) is 4.97. The highest BCUT2D eigenvalue weighted by Gasteiger charge is 2.28. The fourth-order valence-electron chi connectivity index (χ4n) is 2.37. The van der Waals surface area contributed by atoms with E-state index in [1.165, 1.54) is 0 Å². The lowest BCUT2D eigenvalue weighted by atomic mass is 9.87. The first-order valence-corrected chi connectivity index (χ1v) is 6.88. The Morgan fingerprint density at radius 3 is 2.47 bits per heavy atom. The fourth-order valence-corrected chi connectivity index (χ4v) is 2.63. The molecule has 4 heteroatoms. The van der Waals surface area contributed by atoms with Gasteiger partial charge in [0.2, 0.25) is 0 Å². The molecule has 2 aromatic rings. The highest BCUT2D eigenvalue weighted by Crippen LogP contribution is 2.31. The van der Waals surface area contributed by atoms with Crippen molar-refractivity contribution in [3.63, 3.8) is 0 Å². The number of aryl methyl sites for hydroxylation is 1. The smallest absolute Gasteiger partial charge is 0.129 e. The van der Waals surface area contributed by atoms with E-state index >= 15 is 0 Å². The van der Waals surface area contributed by atoms with Crippen molar-refractivity contribution in [2.45, 2.75) is 25.9 Å². The van der Waals surface area contributed by atoms with Crippen molar-refractivity contribution in [1.82, 2.24) is 4.98 Å². The summed E-state index contributed by atoms with van der Waals surface area (Å²) in [6, 6.07) is 9.76. The van der Waals surface area contributed by atoms with Crippen LogP contribution in [0.5, 0.6) is 0 Å². The van der Waals surface area contributed by atoms with E-state index in [-0.39, 0.29) is 0 Å². The highest BCUT2D eigenvalue weighted by molar-refractivity contribution is 9.10. The van der Waals surface area contributed by atoms with Gasteiger partial charge in [-0.3, -0.25) is 0 Å². The molecule has 100 valence electrons. The number of aliphatic hydroxyl groups is 1. The molecule has 0 saturated carbocycles. The second-order valence-corrected chi connectivity index (χ2v) is 5.88. The molecule has 1 aromatic carbocycles. The minimum absolute atomic E-state index is 0.391. The lowest BCUT2D eigenvalue weighted by Crippen LogP contribution is -2.27. The van der Waals surface area contributed by atoms with Gasteiger partial charge in [-0.2, -0.15) is 0 Å². The molecule has 0 saturated heterocycles. The summed E-state index contributed by atoms with van der Waals surface area (Å²) in [6.07, 6.45) is 2.15. The van der Waals surface area contributed by atoms with Crippen LogP contribution in [0, 0.1) is 6.92 Å². The van der Waals surface area contributed by atoms with Gasteiger partial charge >= 0.3 is 0 Å². The quantitative estimate of drug-likeness (QED) is 0.913. The van der Waals surface area contributed by atoms with E-state index in [4.69, 9.17) is 5.73 Å². The van der Waals surface area contributed by atoms with Crippen LogP contribution in [-0.4, -0.2) is 10.1 Å². The number of nitrogens with zero attached hydrogens (tertiary/aromatic N) is 1. The molecule has 3 nitrogen and oxygen atoms in total. The molecule has 1 atom stereocenters. The number of hydrogen-bond donors (Lipinski definition) is 2. The average Bonchev–Trinajstić information content (AvgIpc) is 2.31. The number of nitrogen functional groups attached to an aromatic ring is 1. The first kappa shape index (κ1) is 14.0. The van der Waals surface area contributed by atoms with Gasteiger partial charge in [0, 0.05) is 22.7 Å². The summed E-state index contributed by atoms with van der Waals surface area (Å²) in [7, 11) is 0. The van der Waals surface area contributed by atoms with E-state index in [2.05, 4.69) is 20.9 Å². The normalized spacial score (nSPS) is 14.1. The van der Waals surface area contributed by atoms with E-state index in [1.807, 2.05) is 37.3 Å². The number of rotatable bonds is 3. The van der Waals surface area contributed by atoms with Crippen LogP contribution >= 0.6 is 15.9 Å². The van der Waals surface area contributed by atoms with Crippen LogP contribution < -0.4 is 5.73 Å². The van der Waals surface area contributed by atoms with Crippen molar-refractivity contribution in [3.8, 4) is 0 Å². The van der Waals surface area contributed by atoms with Crippen LogP contribution in [0.4, 0.5) is 5.82 Å². The van der Waals surface area contributed by atoms with Crippen molar-refractivity contribution in [1.29, 1.82) is 0 Å². The standard InChI is InChI=1S/C15H17BrN2O/c1-10-7-8-18-14(17)13(10)15(2,19)9-11-3-5-12(16)6-4-11/h3-8,19H,9H2,1-2H3,(H2,17,18). The van der Waals surface area contributed by atoms with Crippen LogP contribution in [0.2, 0.25) is 0 Å². The molecular formula is C15H17BrN2O. The average molecular weight is 321 g/mol. The molecule has 0 amide bonds. The molecule has 0 spiro atoms. The van der Waals surface area contributed by atoms with Crippen molar-refractivity contribution in [2.75, 3.05) is 5.73 Å². The zero-order chi connectivity index (χ0) is 14.0. The van der Waals surface area contributed by atoms with Gasteiger partial charge < -0.3 is 10.8 Å². The molecule has 1 heterocycles. The second kappa shape index (κ2) is 5.31. The number of aromatic nitrogens is 1. The molecule has 1 unspecified atom stereocenters. The van der Waals surface area contributed by atoms with Crippen LogP contribution in [0.3, 0.4) is 0 Å². The molecular weight excluding hydrogens is 304 g/mol. The molecule has 0 aliphatic rings. The SMILES string of the molecule is Cc1ccnc(N)c1C(C)(O)Cc1ccc(Br)cc1. The van der Waals surface area contributed by atoms with Crippen LogP contribution in [-0.2, 0) is 12.0 Å². The van der Waals surface area contributed by atoms with Crippen LogP contribution in [0.25, 0.3) is 0 Å². The molecule has 2 rings (SSSR count). The van der Waals surface area contributed by atoms with Crippen LogP contribution in [0.1, 0.15) is 23.6 Å². The van der Waals surface area contributed by atoms with E-state index in [0.29, 0.717) is 17.8 Å². The van der Waals surface area contributed by atoms with Gasteiger partial charge in [0.25, 0.3) is 0 Å². The Morgan fingerprint density at radius 2 is 1.89 bits per heavy atom. The zero-order valence-electron chi connectivity index (χ0n) is 11.0. The molecule has 0 fully saturated rings. The Balaban J connectivity index is 2.34. The summed E-state index contributed by atoms with van der Waals surface area (Å²) in [5, 5.41) is 10.7. The minimum Gasteiger partial charge on any atom is -0.385 e. The monoisotopic (exact) mass is 320 g/mol. The third-order valence-corrected chi connectivity index (χ3v) is 3.72. The summed E-state index contributed by atoms with van der Waals surface area (Å²) in [4.78, 5) is 4.07. The summed E-state index contributed by atoms with van der Waals surface area (Å²) >= 11 is 3.40. The number of benzene rings is 1. The molecule has 1 aromatic heterocycles. The molecule has 0 aliphatic heterocycles. The first-order valence-electron chi connectivity index (χ1n) is 6.08. The largest absolute Gasteiger partial charge is 0.385 e. The predicted molar refractivity (Wildman–Crippen MR) is 80.8 cm³/mol. The Hall–Kier alpha value is -1.39. The van der Waals surface area contributed by atoms with Crippen molar-refractivity contribution < 1.29 is 5.11 Å². The number of anilines is 1. The maximum absolute atomic E-state index is 10.7. The number of hydrogen-bond acceptors (Lipinski definition) is 3. The predicted octanol–water partition coefficient (Wildman–Crippen LogP) is 3.18. The van der Waals surface area contributed by atoms with Gasteiger partial charge in [0.05, 0.1) is 5.60 Å². The van der Waals surface area contributed by atoms with Gasteiger partial charge in [-0.15, -0.1) is 0 Å². The minimum atomic E-state index is -1.03. The van der Waals surface area contributed by atoms with Crippen LogP contribution in [0.15, 0.2) is 41.0 Å². The molecule has 19 heavy (non-hydrogen) atoms. The number of halogens is 1. The summed E-state index contributed by atoms with van der Waals surface area (Å²) in [6.45, 7) is 3.71. The Morgan fingerprint density at radius 1 is 1.26 bits per heavy atom. The van der Waals surface area contributed by atoms with E-state index in [1.54, 1.807) is 13.1 Å². The summed E-state index contributed by atoms with van der Waals surface area (Å²) in [5.41, 5.74) is 7.59. The number of nitrogens with two attached hydrogens (primary N) is 1. The molecule has 0 bridgehead atoms. The first-order chi connectivity index (χ1) is 8.90. The van der Waals surface area contributed by atoms with Crippen molar-refractivity contribution in [3.05, 3.63) is 57.7 Å².